The molecule has 3 N–H and O–H groups in total. The number of hydrazine groups is 1. The summed E-state index contributed by atoms with van der Waals surface area (Å²) in [6.45, 7) is 0. The first-order valence-corrected chi connectivity index (χ1v) is 9.64. The average Bonchev–Trinajstić information content (AvgIpc) is 2.43. The number of hydrogen-bond donors (Lipinski definition) is 2. The molecule has 7 heteroatoms. The second-order valence-corrected chi connectivity index (χ2v) is 8.84. The van der Waals surface area contributed by atoms with E-state index < -0.39 is 9.84 Å². The third kappa shape index (κ3) is 4.11. The fourth-order valence-corrected chi connectivity index (χ4v) is 4.58. The number of nitrogens with one attached hydrogen (secondary N) is 1. The Bertz CT molecular complexity index is 607. The Kier molecular flexibility index (Phi) is 5.54. The highest BCUT2D eigenvalue weighted by atomic mass is 35.5. The molecule has 0 amide bonds. The van der Waals surface area contributed by atoms with Gasteiger partial charge in [-0.05, 0) is 42.9 Å². The van der Waals surface area contributed by atoms with Gasteiger partial charge < -0.3 is 0 Å². The second-order valence-electron chi connectivity index (χ2n) is 5.70. The molecule has 0 spiro atoms. The van der Waals surface area contributed by atoms with Crippen LogP contribution in [0.2, 0.25) is 10.0 Å². The average molecular weight is 351 g/mol. The van der Waals surface area contributed by atoms with E-state index >= 15 is 0 Å². The van der Waals surface area contributed by atoms with Crippen LogP contribution < -0.4 is 11.3 Å². The number of sulfone groups is 1. The monoisotopic (exact) mass is 350 g/mol. The Morgan fingerprint density at radius 2 is 2.00 bits per heavy atom. The first kappa shape index (κ1) is 17.0. The molecule has 3 unspecified atom stereocenters. The maximum atomic E-state index is 11.8. The summed E-state index contributed by atoms with van der Waals surface area (Å²) in [4.78, 5) is 0. The number of rotatable bonds is 4. The van der Waals surface area contributed by atoms with Gasteiger partial charge in [0.1, 0.15) is 9.84 Å². The van der Waals surface area contributed by atoms with E-state index in [4.69, 9.17) is 29.0 Å². The highest BCUT2D eigenvalue weighted by Gasteiger charge is 2.33. The molecule has 0 saturated heterocycles. The molecule has 2 rings (SSSR count). The van der Waals surface area contributed by atoms with Crippen LogP contribution in [0.5, 0.6) is 0 Å². The van der Waals surface area contributed by atoms with E-state index in [1.807, 2.05) is 6.07 Å². The SMILES string of the molecule is CS(=O)(=O)C1CCCC(C(NN)c2ccc(Cl)c(Cl)c2)C1. The summed E-state index contributed by atoms with van der Waals surface area (Å²) in [7, 11) is -3.01. The van der Waals surface area contributed by atoms with Crippen molar-refractivity contribution in [1.82, 2.24) is 5.43 Å². The van der Waals surface area contributed by atoms with Crippen LogP contribution in [-0.2, 0) is 9.84 Å². The lowest BCUT2D eigenvalue weighted by atomic mass is 9.81. The first-order valence-electron chi connectivity index (χ1n) is 6.93. The zero-order chi connectivity index (χ0) is 15.6. The normalized spacial score (nSPS) is 24.8. The smallest absolute Gasteiger partial charge is 0.150 e. The van der Waals surface area contributed by atoms with Crippen LogP contribution in [0.3, 0.4) is 0 Å². The Labute approximate surface area is 135 Å². The van der Waals surface area contributed by atoms with Crippen molar-refractivity contribution in [3.63, 3.8) is 0 Å². The van der Waals surface area contributed by atoms with Crippen LogP contribution in [0.1, 0.15) is 37.3 Å². The number of halogens is 2. The fraction of sp³-hybridized carbons (Fsp3) is 0.571. The van der Waals surface area contributed by atoms with E-state index in [2.05, 4.69) is 5.43 Å². The summed E-state index contributed by atoms with van der Waals surface area (Å²) >= 11 is 12.0. The largest absolute Gasteiger partial charge is 0.271 e. The van der Waals surface area contributed by atoms with Gasteiger partial charge in [0.25, 0.3) is 0 Å². The lowest BCUT2D eigenvalue weighted by molar-refractivity contribution is 0.274. The number of nitrogens with two attached hydrogens (primary N) is 1. The van der Waals surface area contributed by atoms with Gasteiger partial charge in [-0.1, -0.05) is 35.7 Å². The highest BCUT2D eigenvalue weighted by molar-refractivity contribution is 7.91. The van der Waals surface area contributed by atoms with Crippen LogP contribution in [0, 0.1) is 5.92 Å². The van der Waals surface area contributed by atoms with Crippen molar-refractivity contribution < 1.29 is 8.42 Å². The van der Waals surface area contributed by atoms with Crippen LogP contribution in [0.25, 0.3) is 0 Å². The Balaban J connectivity index is 2.22. The van der Waals surface area contributed by atoms with E-state index in [0.29, 0.717) is 16.5 Å². The van der Waals surface area contributed by atoms with E-state index in [-0.39, 0.29) is 17.2 Å². The van der Waals surface area contributed by atoms with Gasteiger partial charge in [0, 0.05) is 12.3 Å². The molecule has 0 bridgehead atoms. The molecule has 1 aromatic rings. The quantitative estimate of drug-likeness (QED) is 0.646. The Hall–Kier alpha value is -0.330. The number of benzene rings is 1. The van der Waals surface area contributed by atoms with Crippen molar-refractivity contribution in [1.29, 1.82) is 0 Å². The van der Waals surface area contributed by atoms with Crippen molar-refractivity contribution in [2.24, 2.45) is 11.8 Å². The van der Waals surface area contributed by atoms with E-state index in [0.717, 1.165) is 24.8 Å². The molecule has 0 radical (unpaired) electrons. The molecule has 3 atom stereocenters. The lowest BCUT2D eigenvalue weighted by Gasteiger charge is -2.33. The standard InChI is InChI=1S/C14H20Cl2N2O2S/c1-21(19,20)11-4-2-3-9(7-11)14(18-17)10-5-6-12(15)13(16)8-10/h5-6,8-9,11,14,18H,2-4,7,17H2,1H3. The van der Waals surface area contributed by atoms with E-state index in [9.17, 15) is 8.42 Å². The molecule has 0 heterocycles. The molecular formula is C14H20Cl2N2O2S. The zero-order valence-electron chi connectivity index (χ0n) is 11.9. The highest BCUT2D eigenvalue weighted by Crippen LogP contribution is 2.37. The maximum Gasteiger partial charge on any atom is 0.150 e. The van der Waals surface area contributed by atoms with E-state index in [1.165, 1.54) is 6.26 Å². The minimum atomic E-state index is -3.01. The minimum Gasteiger partial charge on any atom is -0.271 e. The van der Waals surface area contributed by atoms with Gasteiger partial charge in [-0.15, -0.1) is 0 Å². The maximum absolute atomic E-state index is 11.8. The number of hydrogen-bond acceptors (Lipinski definition) is 4. The molecule has 1 saturated carbocycles. The molecule has 21 heavy (non-hydrogen) atoms. The summed E-state index contributed by atoms with van der Waals surface area (Å²) < 4.78 is 23.6. The van der Waals surface area contributed by atoms with Crippen molar-refractivity contribution in [2.45, 2.75) is 37.0 Å². The summed E-state index contributed by atoms with van der Waals surface area (Å²) in [5.41, 5.74) is 3.75. The van der Waals surface area contributed by atoms with Crippen LogP contribution in [0.15, 0.2) is 18.2 Å². The molecule has 118 valence electrons. The van der Waals surface area contributed by atoms with Crippen LogP contribution in [-0.4, -0.2) is 19.9 Å². The third-order valence-electron chi connectivity index (χ3n) is 4.23. The van der Waals surface area contributed by atoms with Crippen LogP contribution >= 0.6 is 23.2 Å². The topological polar surface area (TPSA) is 72.2 Å². The van der Waals surface area contributed by atoms with E-state index in [1.54, 1.807) is 12.1 Å². The van der Waals surface area contributed by atoms with Gasteiger partial charge in [-0.25, -0.2) is 8.42 Å². The van der Waals surface area contributed by atoms with Gasteiger partial charge in [0.05, 0.1) is 15.3 Å². The molecular weight excluding hydrogens is 331 g/mol. The van der Waals surface area contributed by atoms with Crippen molar-refractivity contribution >= 4 is 33.0 Å². The molecule has 1 aliphatic rings. The second kappa shape index (κ2) is 6.84. The van der Waals surface area contributed by atoms with Gasteiger partial charge in [0.15, 0.2) is 0 Å². The van der Waals surface area contributed by atoms with Gasteiger partial charge in [0.2, 0.25) is 0 Å². The van der Waals surface area contributed by atoms with Crippen molar-refractivity contribution in [2.75, 3.05) is 6.26 Å². The summed E-state index contributed by atoms with van der Waals surface area (Å²) in [5.74, 6) is 5.87. The lowest BCUT2D eigenvalue weighted by Crippen LogP contribution is -2.38. The predicted molar refractivity (Wildman–Crippen MR) is 87.1 cm³/mol. The predicted octanol–water partition coefficient (Wildman–Crippen LogP) is 3.10. The zero-order valence-corrected chi connectivity index (χ0v) is 14.2. The van der Waals surface area contributed by atoms with Crippen molar-refractivity contribution in [3.8, 4) is 0 Å². The molecule has 4 nitrogen and oxygen atoms in total. The molecule has 1 fully saturated rings. The summed E-state index contributed by atoms with van der Waals surface area (Å²) in [6.07, 6.45) is 4.50. The first-order chi connectivity index (χ1) is 9.82. The van der Waals surface area contributed by atoms with Gasteiger partial charge in [-0.3, -0.25) is 11.3 Å². The Morgan fingerprint density at radius 1 is 1.29 bits per heavy atom. The third-order valence-corrected chi connectivity index (χ3v) is 6.60. The van der Waals surface area contributed by atoms with Gasteiger partial charge in [-0.2, -0.15) is 0 Å². The fourth-order valence-electron chi connectivity index (χ4n) is 3.08. The minimum absolute atomic E-state index is 0.121. The molecule has 0 aliphatic heterocycles. The van der Waals surface area contributed by atoms with Gasteiger partial charge >= 0.3 is 0 Å². The molecule has 1 aromatic carbocycles. The molecule has 0 aromatic heterocycles. The molecule has 1 aliphatic carbocycles. The summed E-state index contributed by atoms with van der Waals surface area (Å²) in [6, 6.07) is 5.28. The Morgan fingerprint density at radius 3 is 2.57 bits per heavy atom. The van der Waals surface area contributed by atoms with Crippen molar-refractivity contribution in [3.05, 3.63) is 33.8 Å². The van der Waals surface area contributed by atoms with Crippen LogP contribution in [0.4, 0.5) is 0 Å². The summed E-state index contributed by atoms with van der Waals surface area (Å²) in [5, 5.41) is 0.689.